The third-order valence-corrected chi connectivity index (χ3v) is 2.26. The van der Waals surface area contributed by atoms with Gasteiger partial charge in [-0.15, -0.1) is 5.92 Å². The monoisotopic (exact) mass is 221 g/mol. The SMILES string of the molecule is CC#CCn1cc(CNCCOC)c(C)n1. The minimum absolute atomic E-state index is 0.662. The Hall–Kier alpha value is -1.31. The van der Waals surface area contributed by atoms with Crippen molar-refractivity contribution in [3.63, 3.8) is 0 Å². The molecular formula is C12H19N3O. The standard InChI is InChI=1S/C12H19N3O/c1-4-5-7-15-10-12(11(2)14-15)9-13-6-8-16-3/h10,13H,6-9H2,1-3H3. The van der Waals surface area contributed by atoms with Crippen LogP contribution in [0.3, 0.4) is 0 Å². The Labute approximate surface area is 97.0 Å². The Morgan fingerprint density at radius 1 is 1.56 bits per heavy atom. The van der Waals surface area contributed by atoms with Crippen molar-refractivity contribution in [1.82, 2.24) is 15.1 Å². The molecule has 0 bridgehead atoms. The van der Waals surface area contributed by atoms with Gasteiger partial charge in [0.1, 0.15) is 6.54 Å². The fourth-order valence-corrected chi connectivity index (χ4v) is 1.37. The molecule has 0 unspecified atom stereocenters. The predicted octanol–water partition coefficient (Wildman–Crippen LogP) is 0.951. The molecule has 0 aliphatic heterocycles. The van der Waals surface area contributed by atoms with Crippen molar-refractivity contribution in [3.8, 4) is 11.8 Å². The van der Waals surface area contributed by atoms with Crippen LogP contribution in [0, 0.1) is 18.8 Å². The highest BCUT2D eigenvalue weighted by molar-refractivity contribution is 5.15. The molecule has 16 heavy (non-hydrogen) atoms. The summed E-state index contributed by atoms with van der Waals surface area (Å²) in [6.45, 7) is 6.93. The lowest BCUT2D eigenvalue weighted by atomic mass is 10.2. The second kappa shape index (κ2) is 7.04. The van der Waals surface area contributed by atoms with Crippen LogP contribution in [0.25, 0.3) is 0 Å². The fraction of sp³-hybridized carbons (Fsp3) is 0.583. The van der Waals surface area contributed by atoms with Gasteiger partial charge in [-0.3, -0.25) is 4.68 Å². The molecule has 1 aromatic heterocycles. The topological polar surface area (TPSA) is 39.1 Å². The van der Waals surface area contributed by atoms with Crippen molar-refractivity contribution < 1.29 is 4.74 Å². The van der Waals surface area contributed by atoms with Gasteiger partial charge in [-0.1, -0.05) is 5.92 Å². The highest BCUT2D eigenvalue weighted by atomic mass is 16.5. The van der Waals surface area contributed by atoms with Crippen molar-refractivity contribution in [3.05, 3.63) is 17.5 Å². The normalized spacial score (nSPS) is 9.94. The van der Waals surface area contributed by atoms with E-state index >= 15 is 0 Å². The maximum atomic E-state index is 4.97. The highest BCUT2D eigenvalue weighted by Gasteiger charge is 2.03. The predicted molar refractivity (Wildman–Crippen MR) is 64.0 cm³/mol. The lowest BCUT2D eigenvalue weighted by Gasteiger charge is -2.01. The summed E-state index contributed by atoms with van der Waals surface area (Å²) in [5, 5.41) is 7.69. The average Bonchev–Trinajstić information content (AvgIpc) is 2.63. The van der Waals surface area contributed by atoms with E-state index in [0.29, 0.717) is 6.54 Å². The van der Waals surface area contributed by atoms with Crippen LogP contribution in [0.5, 0.6) is 0 Å². The van der Waals surface area contributed by atoms with Crippen LogP contribution in [0.4, 0.5) is 0 Å². The Kier molecular flexibility index (Phi) is 5.62. The summed E-state index contributed by atoms with van der Waals surface area (Å²) in [5.74, 6) is 5.85. The van der Waals surface area contributed by atoms with E-state index in [-0.39, 0.29) is 0 Å². The largest absolute Gasteiger partial charge is 0.383 e. The lowest BCUT2D eigenvalue weighted by molar-refractivity contribution is 0.199. The first-order valence-electron chi connectivity index (χ1n) is 5.40. The molecule has 0 radical (unpaired) electrons. The molecule has 0 aliphatic carbocycles. The van der Waals surface area contributed by atoms with Gasteiger partial charge in [0.25, 0.3) is 0 Å². The fourth-order valence-electron chi connectivity index (χ4n) is 1.37. The Morgan fingerprint density at radius 2 is 2.38 bits per heavy atom. The molecule has 1 aromatic rings. The van der Waals surface area contributed by atoms with E-state index in [0.717, 1.165) is 25.4 Å². The smallest absolute Gasteiger partial charge is 0.102 e. The molecule has 0 atom stereocenters. The average molecular weight is 221 g/mol. The quantitative estimate of drug-likeness (QED) is 0.574. The molecule has 88 valence electrons. The van der Waals surface area contributed by atoms with Crippen molar-refractivity contribution in [1.29, 1.82) is 0 Å². The van der Waals surface area contributed by atoms with Crippen molar-refractivity contribution in [2.24, 2.45) is 0 Å². The van der Waals surface area contributed by atoms with Crippen molar-refractivity contribution >= 4 is 0 Å². The number of hydrogen-bond acceptors (Lipinski definition) is 3. The molecule has 0 amide bonds. The summed E-state index contributed by atoms with van der Waals surface area (Å²) in [6, 6.07) is 0. The number of aromatic nitrogens is 2. The van der Waals surface area contributed by atoms with Gasteiger partial charge in [-0.2, -0.15) is 5.10 Å². The maximum absolute atomic E-state index is 4.97. The number of rotatable bonds is 6. The summed E-state index contributed by atoms with van der Waals surface area (Å²) < 4.78 is 6.84. The Balaban J connectivity index is 2.45. The number of methoxy groups -OCH3 is 1. The molecule has 4 heteroatoms. The number of hydrogen-bond donors (Lipinski definition) is 1. The molecule has 0 saturated heterocycles. The van der Waals surface area contributed by atoms with E-state index in [1.807, 2.05) is 24.7 Å². The molecule has 0 fully saturated rings. The van der Waals surface area contributed by atoms with Crippen molar-refractivity contribution in [2.45, 2.75) is 26.9 Å². The van der Waals surface area contributed by atoms with Gasteiger partial charge < -0.3 is 10.1 Å². The van der Waals surface area contributed by atoms with Crippen LogP contribution in [0.15, 0.2) is 6.20 Å². The number of nitrogens with one attached hydrogen (secondary N) is 1. The summed E-state index contributed by atoms with van der Waals surface area (Å²) in [4.78, 5) is 0. The third-order valence-electron chi connectivity index (χ3n) is 2.26. The molecule has 0 aromatic carbocycles. The first-order valence-corrected chi connectivity index (χ1v) is 5.40. The van der Waals surface area contributed by atoms with Crippen LogP contribution < -0.4 is 5.32 Å². The van der Waals surface area contributed by atoms with Crippen LogP contribution in [-0.2, 0) is 17.8 Å². The van der Waals surface area contributed by atoms with E-state index in [9.17, 15) is 0 Å². The van der Waals surface area contributed by atoms with Crippen LogP contribution in [0.1, 0.15) is 18.2 Å². The van der Waals surface area contributed by atoms with Crippen LogP contribution >= 0.6 is 0 Å². The molecule has 1 rings (SSSR count). The van der Waals surface area contributed by atoms with Gasteiger partial charge >= 0.3 is 0 Å². The lowest BCUT2D eigenvalue weighted by Crippen LogP contribution is -2.18. The maximum Gasteiger partial charge on any atom is 0.102 e. The molecule has 0 spiro atoms. The second-order valence-corrected chi connectivity index (χ2v) is 3.53. The summed E-state index contributed by atoms with van der Waals surface area (Å²) in [7, 11) is 1.70. The van der Waals surface area contributed by atoms with Crippen molar-refractivity contribution in [2.75, 3.05) is 20.3 Å². The molecule has 0 aliphatic rings. The highest BCUT2D eigenvalue weighted by Crippen LogP contribution is 2.04. The van der Waals surface area contributed by atoms with Gasteiger partial charge in [-0.05, 0) is 13.8 Å². The Morgan fingerprint density at radius 3 is 3.06 bits per heavy atom. The number of aryl methyl sites for hydroxylation is 1. The first-order chi connectivity index (χ1) is 7.77. The van der Waals surface area contributed by atoms with Crippen LogP contribution in [0.2, 0.25) is 0 Å². The van der Waals surface area contributed by atoms with Gasteiger partial charge in [0, 0.05) is 32.0 Å². The Bertz CT molecular complexity index is 373. The van der Waals surface area contributed by atoms with Gasteiger partial charge in [0.2, 0.25) is 0 Å². The number of nitrogens with zero attached hydrogens (tertiary/aromatic N) is 2. The van der Waals surface area contributed by atoms with E-state index in [1.54, 1.807) is 7.11 Å². The molecule has 0 saturated carbocycles. The second-order valence-electron chi connectivity index (χ2n) is 3.53. The minimum atomic E-state index is 0.662. The van der Waals surface area contributed by atoms with E-state index < -0.39 is 0 Å². The van der Waals surface area contributed by atoms with E-state index in [4.69, 9.17) is 4.74 Å². The van der Waals surface area contributed by atoms with E-state index in [2.05, 4.69) is 22.3 Å². The number of ether oxygens (including phenoxy) is 1. The third kappa shape index (κ3) is 4.05. The van der Waals surface area contributed by atoms with Crippen LogP contribution in [-0.4, -0.2) is 30.0 Å². The van der Waals surface area contributed by atoms with Gasteiger partial charge in [0.15, 0.2) is 0 Å². The van der Waals surface area contributed by atoms with Gasteiger partial charge in [-0.25, -0.2) is 0 Å². The summed E-state index contributed by atoms with van der Waals surface area (Å²) >= 11 is 0. The zero-order chi connectivity index (χ0) is 11.8. The van der Waals surface area contributed by atoms with E-state index in [1.165, 1.54) is 5.56 Å². The molecular weight excluding hydrogens is 202 g/mol. The molecule has 4 nitrogen and oxygen atoms in total. The zero-order valence-electron chi connectivity index (χ0n) is 10.2. The zero-order valence-corrected chi connectivity index (χ0v) is 10.2. The van der Waals surface area contributed by atoms with Gasteiger partial charge in [0.05, 0.1) is 12.3 Å². The molecule has 1 N–H and O–H groups in total. The first kappa shape index (κ1) is 12.8. The minimum Gasteiger partial charge on any atom is -0.383 e. The summed E-state index contributed by atoms with van der Waals surface area (Å²) in [5.41, 5.74) is 2.27. The molecule has 1 heterocycles. The summed E-state index contributed by atoms with van der Waals surface area (Å²) in [6.07, 6.45) is 2.04.